The summed E-state index contributed by atoms with van der Waals surface area (Å²) in [5.74, 6) is 0.207. The number of hydrogen-bond donors (Lipinski definition) is 2. The van der Waals surface area contributed by atoms with Gasteiger partial charge in [0.1, 0.15) is 5.75 Å². The van der Waals surface area contributed by atoms with Crippen molar-refractivity contribution in [3.8, 4) is 5.75 Å². The third-order valence-electron chi connectivity index (χ3n) is 3.98. The second-order valence-electron chi connectivity index (χ2n) is 6.38. The van der Waals surface area contributed by atoms with E-state index in [9.17, 15) is 14.4 Å². The summed E-state index contributed by atoms with van der Waals surface area (Å²) in [6, 6.07) is 13.5. The van der Waals surface area contributed by atoms with Crippen LogP contribution >= 0.6 is 11.8 Å². The fourth-order valence-electron chi connectivity index (χ4n) is 2.39. The monoisotopic (exact) mass is 430 g/mol. The highest BCUT2D eigenvalue weighted by Gasteiger charge is 2.09. The molecule has 2 amide bonds. The van der Waals surface area contributed by atoms with Crippen molar-refractivity contribution in [3.05, 3.63) is 54.1 Å². The van der Waals surface area contributed by atoms with Crippen LogP contribution in [0.15, 0.2) is 48.5 Å². The maximum Gasteiger partial charge on any atom is 0.338 e. The number of thioether (sulfide) groups is 1. The van der Waals surface area contributed by atoms with Crippen molar-refractivity contribution in [1.29, 1.82) is 0 Å². The first-order valence-electron chi connectivity index (χ1n) is 9.60. The molecule has 0 heterocycles. The molecule has 2 rings (SSSR count). The number of esters is 1. The number of methoxy groups -OCH3 is 1. The molecular formula is C22H26N2O5S. The minimum Gasteiger partial charge on any atom is -0.497 e. The van der Waals surface area contributed by atoms with Gasteiger partial charge in [-0.05, 0) is 55.0 Å². The Hall–Kier alpha value is -3.00. The number of ether oxygens (including phenoxy) is 2. The predicted molar refractivity (Wildman–Crippen MR) is 119 cm³/mol. The fraction of sp³-hybridized carbons (Fsp3) is 0.318. The van der Waals surface area contributed by atoms with E-state index in [0.29, 0.717) is 29.3 Å². The molecule has 0 aromatic heterocycles. The van der Waals surface area contributed by atoms with E-state index in [1.54, 1.807) is 55.6 Å². The minimum absolute atomic E-state index is 0.136. The topological polar surface area (TPSA) is 93.7 Å². The zero-order valence-electron chi connectivity index (χ0n) is 17.1. The Morgan fingerprint density at radius 2 is 1.40 bits per heavy atom. The number of amides is 2. The summed E-state index contributed by atoms with van der Waals surface area (Å²) in [5.41, 5.74) is 1.68. The van der Waals surface area contributed by atoms with Crippen LogP contribution in [0.25, 0.3) is 0 Å². The van der Waals surface area contributed by atoms with Crippen molar-refractivity contribution in [2.24, 2.45) is 0 Å². The van der Waals surface area contributed by atoms with E-state index >= 15 is 0 Å². The first kappa shape index (κ1) is 23.3. The molecule has 0 radical (unpaired) electrons. The summed E-state index contributed by atoms with van der Waals surface area (Å²) in [5, 5.41) is 5.50. The summed E-state index contributed by atoms with van der Waals surface area (Å²) in [7, 11) is 1.58. The first-order valence-corrected chi connectivity index (χ1v) is 10.8. The number of anilines is 2. The van der Waals surface area contributed by atoms with Crippen LogP contribution in [0, 0.1) is 0 Å². The molecule has 0 unspecified atom stereocenters. The summed E-state index contributed by atoms with van der Waals surface area (Å²) in [6.45, 7) is 2.42. The number of rotatable bonds is 11. The van der Waals surface area contributed by atoms with Gasteiger partial charge in [0.2, 0.25) is 11.8 Å². The lowest BCUT2D eigenvalue weighted by atomic mass is 10.2. The van der Waals surface area contributed by atoms with Crippen molar-refractivity contribution in [1.82, 2.24) is 0 Å². The quantitative estimate of drug-likeness (QED) is 0.414. The molecule has 0 bridgehead atoms. The Kier molecular flexibility index (Phi) is 9.73. The molecule has 0 saturated carbocycles. The molecule has 0 aliphatic heterocycles. The second-order valence-corrected chi connectivity index (χ2v) is 7.37. The third-order valence-corrected chi connectivity index (χ3v) is 4.91. The maximum atomic E-state index is 12.0. The highest BCUT2D eigenvalue weighted by atomic mass is 32.2. The molecule has 2 N–H and O–H groups in total. The Morgan fingerprint density at radius 3 is 1.90 bits per heavy atom. The summed E-state index contributed by atoms with van der Waals surface area (Å²) in [6.07, 6.45) is 1.79. The predicted octanol–water partition coefficient (Wildman–Crippen LogP) is 3.96. The van der Waals surface area contributed by atoms with Gasteiger partial charge in [0.05, 0.1) is 30.8 Å². The lowest BCUT2D eigenvalue weighted by Gasteiger charge is -2.08. The van der Waals surface area contributed by atoms with Crippen molar-refractivity contribution < 1.29 is 23.9 Å². The van der Waals surface area contributed by atoms with Crippen LogP contribution in [0.4, 0.5) is 11.4 Å². The van der Waals surface area contributed by atoms with E-state index in [0.717, 1.165) is 12.8 Å². The highest BCUT2D eigenvalue weighted by molar-refractivity contribution is 8.00. The summed E-state index contributed by atoms with van der Waals surface area (Å²) in [4.78, 5) is 35.9. The van der Waals surface area contributed by atoms with Crippen LogP contribution in [0.2, 0.25) is 0 Å². The number of hydrogen-bond acceptors (Lipinski definition) is 6. The number of unbranched alkanes of at least 4 members (excludes halogenated alkanes) is 1. The van der Waals surface area contributed by atoms with Gasteiger partial charge in [0.15, 0.2) is 0 Å². The molecule has 8 heteroatoms. The Bertz CT molecular complexity index is 838. The number of carbonyl (C=O) groups excluding carboxylic acids is 3. The first-order chi connectivity index (χ1) is 14.5. The van der Waals surface area contributed by atoms with E-state index in [4.69, 9.17) is 9.47 Å². The SMILES string of the molecule is CCCCOC(=O)c1ccc(NC(=O)CSCC(=O)Nc2ccc(OC)cc2)cc1. The molecule has 0 fully saturated rings. The van der Waals surface area contributed by atoms with Gasteiger partial charge in [-0.1, -0.05) is 13.3 Å². The van der Waals surface area contributed by atoms with Crippen molar-refractivity contribution >= 4 is 40.9 Å². The Labute approximate surface area is 180 Å². The van der Waals surface area contributed by atoms with E-state index in [2.05, 4.69) is 10.6 Å². The van der Waals surface area contributed by atoms with E-state index in [1.165, 1.54) is 11.8 Å². The van der Waals surface area contributed by atoms with Crippen molar-refractivity contribution in [2.45, 2.75) is 19.8 Å². The van der Waals surface area contributed by atoms with Gasteiger partial charge in [-0.25, -0.2) is 4.79 Å². The van der Waals surface area contributed by atoms with Gasteiger partial charge < -0.3 is 20.1 Å². The maximum absolute atomic E-state index is 12.0. The molecule has 0 spiro atoms. The molecule has 2 aromatic carbocycles. The van der Waals surface area contributed by atoms with E-state index in [-0.39, 0.29) is 29.3 Å². The average molecular weight is 431 g/mol. The zero-order chi connectivity index (χ0) is 21.8. The van der Waals surface area contributed by atoms with Gasteiger partial charge >= 0.3 is 5.97 Å². The molecule has 160 valence electrons. The fourth-order valence-corrected chi connectivity index (χ4v) is 3.00. The van der Waals surface area contributed by atoms with Crippen LogP contribution in [0.3, 0.4) is 0 Å². The third kappa shape index (κ3) is 8.16. The Balaban J connectivity index is 1.69. The Morgan fingerprint density at radius 1 is 0.867 bits per heavy atom. The molecule has 0 aliphatic carbocycles. The van der Waals surface area contributed by atoms with Crippen molar-refractivity contribution in [2.75, 3.05) is 35.9 Å². The molecule has 2 aromatic rings. The van der Waals surface area contributed by atoms with Gasteiger partial charge in [-0.2, -0.15) is 0 Å². The lowest BCUT2D eigenvalue weighted by Crippen LogP contribution is -2.18. The number of benzene rings is 2. The largest absolute Gasteiger partial charge is 0.497 e. The minimum atomic E-state index is -0.375. The van der Waals surface area contributed by atoms with Gasteiger partial charge in [-0.3, -0.25) is 9.59 Å². The van der Waals surface area contributed by atoms with Gasteiger partial charge in [0.25, 0.3) is 0 Å². The van der Waals surface area contributed by atoms with Crippen LogP contribution in [0.5, 0.6) is 5.75 Å². The summed E-state index contributed by atoms with van der Waals surface area (Å²) >= 11 is 1.21. The normalized spacial score (nSPS) is 10.2. The summed E-state index contributed by atoms with van der Waals surface area (Å²) < 4.78 is 10.2. The molecule has 0 atom stereocenters. The smallest absolute Gasteiger partial charge is 0.338 e. The molecule has 30 heavy (non-hydrogen) atoms. The number of nitrogens with one attached hydrogen (secondary N) is 2. The molecule has 0 saturated heterocycles. The second kappa shape index (κ2) is 12.5. The van der Waals surface area contributed by atoms with E-state index in [1.807, 2.05) is 6.92 Å². The van der Waals surface area contributed by atoms with Crippen LogP contribution in [-0.2, 0) is 14.3 Å². The molecule has 0 aliphatic rings. The lowest BCUT2D eigenvalue weighted by molar-refractivity contribution is -0.114. The van der Waals surface area contributed by atoms with E-state index < -0.39 is 0 Å². The average Bonchev–Trinajstić information content (AvgIpc) is 2.75. The van der Waals surface area contributed by atoms with Crippen LogP contribution < -0.4 is 15.4 Å². The standard InChI is InChI=1S/C22H26N2O5S/c1-3-4-13-29-22(27)16-5-7-17(8-6-16)23-20(25)14-30-15-21(26)24-18-9-11-19(28-2)12-10-18/h5-12H,3-4,13-15H2,1-2H3,(H,23,25)(H,24,26). The molecular weight excluding hydrogens is 404 g/mol. The zero-order valence-corrected chi connectivity index (χ0v) is 17.9. The van der Waals surface area contributed by atoms with Gasteiger partial charge in [0, 0.05) is 11.4 Å². The highest BCUT2D eigenvalue weighted by Crippen LogP contribution is 2.16. The van der Waals surface area contributed by atoms with Gasteiger partial charge in [-0.15, -0.1) is 11.8 Å². The van der Waals surface area contributed by atoms with Crippen molar-refractivity contribution in [3.63, 3.8) is 0 Å². The number of carbonyl (C=O) groups is 3. The van der Waals surface area contributed by atoms with Crippen LogP contribution in [-0.4, -0.2) is 43.0 Å². The van der Waals surface area contributed by atoms with Crippen LogP contribution in [0.1, 0.15) is 30.1 Å². The molecule has 7 nitrogen and oxygen atoms in total.